The van der Waals surface area contributed by atoms with E-state index in [0.717, 1.165) is 0 Å². The van der Waals surface area contributed by atoms with Gasteiger partial charge in [-0.05, 0) is 25.1 Å². The number of benzene rings is 1. The minimum Gasteiger partial charge on any atom is -0.465 e. The highest BCUT2D eigenvalue weighted by Gasteiger charge is 2.17. The number of nitrogens with one attached hydrogen (secondary N) is 1. The minimum atomic E-state index is -0.320. The average molecular weight is 276 g/mol. The summed E-state index contributed by atoms with van der Waals surface area (Å²) in [5.74, 6) is 0.866. The second-order valence-electron chi connectivity index (χ2n) is 3.89. The van der Waals surface area contributed by atoms with Crippen LogP contribution in [-0.2, 0) is 4.74 Å². The van der Waals surface area contributed by atoms with Crippen molar-refractivity contribution in [1.29, 1.82) is 0 Å². The highest BCUT2D eigenvalue weighted by molar-refractivity contribution is 6.04. The van der Waals surface area contributed by atoms with Gasteiger partial charge < -0.3 is 14.2 Å². The van der Waals surface area contributed by atoms with Crippen molar-refractivity contribution in [2.75, 3.05) is 19.9 Å². The number of hydrogen-bond acceptors (Lipinski definition) is 5. The van der Waals surface area contributed by atoms with E-state index in [1.54, 1.807) is 24.3 Å². The Morgan fingerprint density at radius 2 is 2.30 bits per heavy atom. The van der Waals surface area contributed by atoms with E-state index in [1.807, 2.05) is 6.92 Å². The summed E-state index contributed by atoms with van der Waals surface area (Å²) in [4.78, 5) is 16.2. The summed E-state index contributed by atoms with van der Waals surface area (Å²) in [6, 6.07) is 5.14. The Morgan fingerprint density at radius 1 is 1.50 bits per heavy atom. The van der Waals surface area contributed by atoms with Gasteiger partial charge in [0.15, 0.2) is 11.5 Å². The quantitative estimate of drug-likeness (QED) is 0.516. The summed E-state index contributed by atoms with van der Waals surface area (Å²) >= 11 is 0. The molecule has 6 heteroatoms. The van der Waals surface area contributed by atoms with E-state index in [9.17, 15) is 4.79 Å². The van der Waals surface area contributed by atoms with Gasteiger partial charge in [0.25, 0.3) is 11.9 Å². The largest absolute Gasteiger partial charge is 0.465 e. The van der Waals surface area contributed by atoms with Crippen LogP contribution in [0.4, 0.5) is 0 Å². The van der Waals surface area contributed by atoms with Crippen LogP contribution in [0, 0.1) is 0 Å². The maximum atomic E-state index is 12.1. The maximum absolute atomic E-state index is 12.1. The first-order chi connectivity index (χ1) is 9.74. The van der Waals surface area contributed by atoms with Gasteiger partial charge in [0.2, 0.25) is 6.79 Å². The summed E-state index contributed by atoms with van der Waals surface area (Å²) in [6.07, 6.45) is 1.62. The molecule has 1 aliphatic heterocycles. The van der Waals surface area contributed by atoms with E-state index in [2.05, 4.69) is 16.9 Å². The Bertz CT molecular complexity index is 540. The van der Waals surface area contributed by atoms with Crippen LogP contribution < -0.4 is 14.8 Å². The molecule has 106 valence electrons. The molecule has 0 radical (unpaired) electrons. The molecule has 20 heavy (non-hydrogen) atoms. The Kier molecular flexibility index (Phi) is 4.60. The van der Waals surface area contributed by atoms with Crippen molar-refractivity contribution in [2.24, 2.45) is 4.99 Å². The summed E-state index contributed by atoms with van der Waals surface area (Å²) in [5, 5.41) is 2.60. The lowest BCUT2D eigenvalue weighted by Gasteiger charge is -2.09. The molecule has 0 unspecified atom stereocenters. The number of carbonyl (C=O) groups is 1. The normalized spacial score (nSPS) is 12.9. The second-order valence-corrected chi connectivity index (χ2v) is 3.89. The Balaban J connectivity index is 2.08. The number of rotatable bonds is 4. The molecule has 1 heterocycles. The molecule has 0 saturated heterocycles. The first kappa shape index (κ1) is 13.9. The SMILES string of the molecule is C=CCN=C(NC(=O)c1ccc2c(c1)OCO2)OCC. The second kappa shape index (κ2) is 6.60. The number of amidine groups is 1. The van der Waals surface area contributed by atoms with Crippen LogP contribution >= 0.6 is 0 Å². The van der Waals surface area contributed by atoms with Gasteiger partial charge in [0, 0.05) is 5.56 Å². The predicted molar refractivity (Wildman–Crippen MR) is 74.2 cm³/mol. The van der Waals surface area contributed by atoms with Crippen molar-refractivity contribution >= 4 is 11.9 Å². The molecule has 1 aromatic rings. The molecule has 0 spiro atoms. The number of amides is 1. The summed E-state index contributed by atoms with van der Waals surface area (Å²) in [7, 11) is 0. The fourth-order valence-corrected chi connectivity index (χ4v) is 1.61. The lowest BCUT2D eigenvalue weighted by Crippen LogP contribution is -2.32. The van der Waals surface area contributed by atoms with Crippen LogP contribution in [0.2, 0.25) is 0 Å². The van der Waals surface area contributed by atoms with Crippen molar-refractivity contribution in [1.82, 2.24) is 5.32 Å². The van der Waals surface area contributed by atoms with Crippen molar-refractivity contribution in [2.45, 2.75) is 6.92 Å². The van der Waals surface area contributed by atoms with Gasteiger partial charge in [-0.25, -0.2) is 4.99 Å². The Morgan fingerprint density at radius 3 is 3.05 bits per heavy atom. The molecule has 0 fully saturated rings. The van der Waals surface area contributed by atoms with Gasteiger partial charge in [-0.1, -0.05) is 6.08 Å². The molecular weight excluding hydrogens is 260 g/mol. The topological polar surface area (TPSA) is 69.2 Å². The van der Waals surface area contributed by atoms with Gasteiger partial charge in [-0.3, -0.25) is 10.1 Å². The van der Waals surface area contributed by atoms with Gasteiger partial charge in [0.1, 0.15) is 0 Å². The van der Waals surface area contributed by atoms with Crippen molar-refractivity contribution < 1.29 is 19.0 Å². The zero-order valence-corrected chi connectivity index (χ0v) is 11.2. The molecule has 0 saturated carbocycles. The molecule has 1 aromatic carbocycles. The van der Waals surface area contributed by atoms with Crippen molar-refractivity contribution in [3.8, 4) is 11.5 Å². The number of hydrogen-bond donors (Lipinski definition) is 1. The van der Waals surface area contributed by atoms with Gasteiger partial charge in [0.05, 0.1) is 13.2 Å². The van der Waals surface area contributed by atoms with E-state index in [4.69, 9.17) is 14.2 Å². The molecule has 1 N–H and O–H groups in total. The molecular formula is C14H16N2O4. The van der Waals surface area contributed by atoms with Gasteiger partial charge in [-0.2, -0.15) is 0 Å². The molecule has 2 rings (SSSR count). The highest BCUT2D eigenvalue weighted by Crippen LogP contribution is 2.32. The van der Waals surface area contributed by atoms with E-state index in [-0.39, 0.29) is 18.7 Å². The Labute approximate surface area is 117 Å². The number of fused-ring (bicyclic) bond motifs is 1. The fourth-order valence-electron chi connectivity index (χ4n) is 1.61. The van der Waals surface area contributed by atoms with Crippen LogP contribution in [0.1, 0.15) is 17.3 Å². The predicted octanol–water partition coefficient (Wildman–Crippen LogP) is 1.72. The van der Waals surface area contributed by atoms with E-state index < -0.39 is 0 Å². The third-order valence-corrected chi connectivity index (χ3v) is 2.50. The van der Waals surface area contributed by atoms with Crippen molar-refractivity contribution in [3.05, 3.63) is 36.4 Å². The van der Waals surface area contributed by atoms with E-state index in [0.29, 0.717) is 30.2 Å². The Hall–Kier alpha value is -2.50. The third-order valence-electron chi connectivity index (χ3n) is 2.50. The molecule has 0 aromatic heterocycles. The zero-order valence-electron chi connectivity index (χ0n) is 11.2. The lowest BCUT2D eigenvalue weighted by molar-refractivity contribution is 0.0966. The molecule has 0 bridgehead atoms. The molecule has 0 aliphatic carbocycles. The number of carbonyl (C=O) groups excluding carboxylic acids is 1. The number of aliphatic imine (C=N–C) groups is 1. The van der Waals surface area contributed by atoms with Crippen LogP contribution in [-0.4, -0.2) is 31.9 Å². The van der Waals surface area contributed by atoms with Crippen LogP contribution in [0.5, 0.6) is 11.5 Å². The molecule has 1 amide bonds. The summed E-state index contributed by atoms with van der Waals surface area (Å²) in [5.41, 5.74) is 0.445. The smallest absolute Gasteiger partial charge is 0.291 e. The third kappa shape index (κ3) is 3.28. The zero-order chi connectivity index (χ0) is 14.4. The van der Waals surface area contributed by atoms with Crippen LogP contribution in [0.15, 0.2) is 35.8 Å². The standard InChI is InChI=1S/C14H16N2O4/c1-3-7-15-14(18-4-2)16-13(17)10-5-6-11-12(8-10)20-9-19-11/h3,5-6,8H,1,4,7,9H2,2H3,(H,15,16,17). The number of ether oxygens (including phenoxy) is 3. The monoisotopic (exact) mass is 276 g/mol. The van der Waals surface area contributed by atoms with Gasteiger partial charge >= 0.3 is 0 Å². The first-order valence-corrected chi connectivity index (χ1v) is 6.23. The molecule has 1 aliphatic rings. The van der Waals surface area contributed by atoms with Gasteiger partial charge in [-0.15, -0.1) is 6.58 Å². The first-order valence-electron chi connectivity index (χ1n) is 6.23. The number of nitrogens with zero attached hydrogens (tertiary/aromatic N) is 1. The fraction of sp³-hybridized carbons (Fsp3) is 0.286. The van der Waals surface area contributed by atoms with Crippen LogP contribution in [0.3, 0.4) is 0 Å². The summed E-state index contributed by atoms with van der Waals surface area (Å²) < 4.78 is 15.7. The molecule has 0 atom stereocenters. The highest BCUT2D eigenvalue weighted by atomic mass is 16.7. The van der Waals surface area contributed by atoms with Crippen molar-refractivity contribution in [3.63, 3.8) is 0 Å². The molecule has 6 nitrogen and oxygen atoms in total. The average Bonchev–Trinajstić information content (AvgIpc) is 2.92. The van der Waals surface area contributed by atoms with Crippen LogP contribution in [0.25, 0.3) is 0 Å². The summed E-state index contributed by atoms with van der Waals surface area (Å²) in [6.45, 7) is 6.34. The van der Waals surface area contributed by atoms with E-state index in [1.165, 1.54) is 0 Å². The lowest BCUT2D eigenvalue weighted by atomic mass is 10.2. The van der Waals surface area contributed by atoms with E-state index >= 15 is 0 Å². The minimum absolute atomic E-state index is 0.172. The maximum Gasteiger partial charge on any atom is 0.291 e.